The Labute approximate surface area is 215 Å². The number of carbonyl (C=O) groups is 1. The molecule has 1 fully saturated rings. The number of halogens is 1. The number of hydrogen-bond donors (Lipinski definition) is 1. The molecule has 3 aromatic carbocycles. The molecular formula is C29H29FN2O5. The lowest BCUT2D eigenvalue weighted by atomic mass is 9.99. The summed E-state index contributed by atoms with van der Waals surface area (Å²) in [7, 11) is 3.13. The van der Waals surface area contributed by atoms with Crippen LogP contribution in [0.4, 0.5) is 10.1 Å². The Balaban J connectivity index is 1.37. The van der Waals surface area contributed by atoms with Gasteiger partial charge in [0, 0.05) is 50.0 Å². The van der Waals surface area contributed by atoms with Crippen LogP contribution in [0.25, 0.3) is 6.08 Å². The first-order valence-corrected chi connectivity index (χ1v) is 12.1. The van der Waals surface area contributed by atoms with E-state index in [0.29, 0.717) is 46.0 Å². The number of rotatable bonds is 6. The van der Waals surface area contributed by atoms with Crippen LogP contribution in [0.2, 0.25) is 0 Å². The minimum atomic E-state index is -0.250. The number of aromatic hydroxyl groups is 1. The van der Waals surface area contributed by atoms with Crippen molar-refractivity contribution in [3.8, 4) is 23.0 Å². The topological polar surface area (TPSA) is 71.5 Å². The summed E-state index contributed by atoms with van der Waals surface area (Å²) in [4.78, 5) is 17.8. The molecule has 0 atom stereocenters. The molecule has 8 heteroatoms. The number of Topliss-reactive ketones (excluding diaryl/α,β-unsaturated/α-hetero) is 1. The van der Waals surface area contributed by atoms with E-state index in [1.807, 2.05) is 0 Å². The van der Waals surface area contributed by atoms with Gasteiger partial charge in [0.15, 0.2) is 5.76 Å². The maximum Gasteiger partial charge on any atom is 0.232 e. The van der Waals surface area contributed by atoms with Gasteiger partial charge in [0.25, 0.3) is 0 Å². The van der Waals surface area contributed by atoms with Crippen molar-refractivity contribution in [1.29, 1.82) is 0 Å². The van der Waals surface area contributed by atoms with Gasteiger partial charge >= 0.3 is 0 Å². The highest BCUT2D eigenvalue weighted by atomic mass is 19.1. The van der Waals surface area contributed by atoms with Crippen LogP contribution < -0.4 is 19.1 Å². The molecule has 1 N–H and O–H groups in total. The molecule has 0 spiro atoms. The molecule has 7 nitrogen and oxygen atoms in total. The van der Waals surface area contributed by atoms with E-state index in [1.54, 1.807) is 63.6 Å². The van der Waals surface area contributed by atoms with Crippen LogP contribution in [0.5, 0.6) is 23.0 Å². The Morgan fingerprint density at radius 1 is 1.03 bits per heavy atom. The summed E-state index contributed by atoms with van der Waals surface area (Å²) >= 11 is 0. The van der Waals surface area contributed by atoms with Crippen LogP contribution >= 0.6 is 0 Å². The van der Waals surface area contributed by atoms with Gasteiger partial charge in [-0.25, -0.2) is 4.39 Å². The zero-order valence-electron chi connectivity index (χ0n) is 21.1. The van der Waals surface area contributed by atoms with Gasteiger partial charge in [-0.1, -0.05) is 0 Å². The van der Waals surface area contributed by atoms with E-state index in [-0.39, 0.29) is 23.1 Å². The fourth-order valence-electron chi connectivity index (χ4n) is 4.85. The smallest absolute Gasteiger partial charge is 0.232 e. The lowest BCUT2D eigenvalue weighted by Crippen LogP contribution is -2.46. The van der Waals surface area contributed by atoms with Crippen molar-refractivity contribution in [2.45, 2.75) is 13.5 Å². The summed E-state index contributed by atoms with van der Waals surface area (Å²) in [6.45, 7) is 5.27. The molecule has 192 valence electrons. The van der Waals surface area contributed by atoms with Crippen LogP contribution in [0.1, 0.15) is 27.0 Å². The van der Waals surface area contributed by atoms with E-state index >= 15 is 0 Å². The monoisotopic (exact) mass is 504 g/mol. The lowest BCUT2D eigenvalue weighted by molar-refractivity contribution is 0.101. The summed E-state index contributed by atoms with van der Waals surface area (Å²) in [5.41, 5.74) is 3.39. The minimum Gasteiger partial charge on any atom is -0.507 e. The first-order chi connectivity index (χ1) is 17.9. The summed E-state index contributed by atoms with van der Waals surface area (Å²) in [5, 5.41) is 10.8. The number of methoxy groups -OCH3 is 2. The molecule has 0 unspecified atom stereocenters. The SMILES string of the molecule is COc1ccc(/C=C2\Oc3c(CN4CCN(c5ccc(F)cc5)CC4)c(O)cc(C)c3C2=O)c(OC)c1. The normalized spacial score (nSPS) is 16.6. The van der Waals surface area contributed by atoms with Crippen molar-refractivity contribution in [3.05, 3.63) is 82.4 Å². The van der Waals surface area contributed by atoms with Crippen molar-refractivity contribution in [3.63, 3.8) is 0 Å². The molecule has 0 amide bonds. The Morgan fingerprint density at radius 3 is 2.43 bits per heavy atom. The number of carbonyl (C=O) groups excluding carboxylic acids is 1. The summed E-state index contributed by atoms with van der Waals surface area (Å²) < 4.78 is 30.1. The second-order valence-corrected chi connectivity index (χ2v) is 9.18. The van der Waals surface area contributed by atoms with E-state index in [4.69, 9.17) is 14.2 Å². The van der Waals surface area contributed by atoms with Crippen molar-refractivity contribution in [1.82, 2.24) is 4.90 Å². The Morgan fingerprint density at radius 2 is 1.76 bits per heavy atom. The van der Waals surface area contributed by atoms with Crippen LogP contribution in [0.15, 0.2) is 54.3 Å². The number of anilines is 1. The zero-order chi connectivity index (χ0) is 26.1. The van der Waals surface area contributed by atoms with Gasteiger partial charge in [-0.15, -0.1) is 0 Å². The Hall–Kier alpha value is -4.04. The van der Waals surface area contributed by atoms with Gasteiger partial charge in [-0.05, 0) is 61.0 Å². The van der Waals surface area contributed by atoms with Gasteiger partial charge in [0.05, 0.1) is 25.3 Å². The summed E-state index contributed by atoms with van der Waals surface area (Å²) in [5.74, 6) is 1.40. The number of ketones is 1. The molecule has 5 rings (SSSR count). The predicted octanol–water partition coefficient (Wildman–Crippen LogP) is 4.80. The molecule has 0 aliphatic carbocycles. The van der Waals surface area contributed by atoms with E-state index in [9.17, 15) is 14.3 Å². The number of benzene rings is 3. The first kappa shape index (κ1) is 24.6. The standard InChI is InChI=1S/C29H29FN2O5/c1-18-14-24(33)23(17-31-10-12-32(13-11-31)21-7-5-20(30)6-8-21)29-27(18)28(34)26(37-29)15-19-4-9-22(35-2)16-25(19)36-3/h4-9,14-16,33H,10-13,17H2,1-3H3/b26-15-. The van der Waals surface area contributed by atoms with Gasteiger partial charge < -0.3 is 24.2 Å². The highest BCUT2D eigenvalue weighted by molar-refractivity contribution is 6.16. The third-order valence-corrected chi connectivity index (χ3v) is 6.89. The fraction of sp³-hybridized carbons (Fsp3) is 0.276. The van der Waals surface area contributed by atoms with Gasteiger partial charge in [0.2, 0.25) is 5.78 Å². The van der Waals surface area contributed by atoms with Crippen LogP contribution in [-0.4, -0.2) is 56.2 Å². The van der Waals surface area contributed by atoms with E-state index in [0.717, 1.165) is 31.9 Å². The Bertz CT molecular complexity index is 1360. The number of hydrogen-bond acceptors (Lipinski definition) is 7. The van der Waals surface area contributed by atoms with Crippen molar-refractivity contribution >= 4 is 17.5 Å². The number of allylic oxidation sites excluding steroid dienone is 1. The van der Waals surface area contributed by atoms with Gasteiger partial charge in [0.1, 0.15) is 28.8 Å². The average Bonchev–Trinajstić information content (AvgIpc) is 3.23. The molecule has 0 saturated carbocycles. The maximum atomic E-state index is 13.3. The number of fused-ring (bicyclic) bond motifs is 1. The van der Waals surface area contributed by atoms with Crippen molar-refractivity contribution < 1.29 is 28.5 Å². The zero-order valence-corrected chi connectivity index (χ0v) is 21.1. The largest absolute Gasteiger partial charge is 0.507 e. The number of phenols is 1. The molecule has 3 aromatic rings. The second kappa shape index (κ2) is 10.1. The van der Waals surface area contributed by atoms with Gasteiger partial charge in [-0.2, -0.15) is 0 Å². The quantitative estimate of drug-likeness (QED) is 0.484. The van der Waals surface area contributed by atoms with E-state index < -0.39 is 0 Å². The Kier molecular flexibility index (Phi) is 6.76. The number of piperazine rings is 1. The van der Waals surface area contributed by atoms with Crippen molar-refractivity contribution in [2.75, 3.05) is 45.3 Å². The summed E-state index contributed by atoms with van der Waals surface area (Å²) in [6, 6.07) is 13.5. The molecule has 37 heavy (non-hydrogen) atoms. The molecule has 0 bridgehead atoms. The van der Waals surface area contributed by atoms with Crippen LogP contribution in [0, 0.1) is 12.7 Å². The number of phenolic OH excluding ortho intramolecular Hbond substituents is 1. The third-order valence-electron chi connectivity index (χ3n) is 6.89. The molecule has 0 radical (unpaired) electrons. The fourth-order valence-corrected chi connectivity index (χ4v) is 4.85. The summed E-state index contributed by atoms with van der Waals surface area (Å²) in [6.07, 6.45) is 1.66. The minimum absolute atomic E-state index is 0.105. The van der Waals surface area contributed by atoms with Crippen molar-refractivity contribution in [2.24, 2.45) is 0 Å². The average molecular weight is 505 g/mol. The van der Waals surface area contributed by atoms with Gasteiger partial charge in [-0.3, -0.25) is 9.69 Å². The maximum absolute atomic E-state index is 13.3. The lowest BCUT2D eigenvalue weighted by Gasteiger charge is -2.36. The molecule has 2 aliphatic heterocycles. The van der Waals surface area contributed by atoms with E-state index in [2.05, 4.69) is 9.80 Å². The third kappa shape index (κ3) is 4.84. The van der Waals surface area contributed by atoms with E-state index in [1.165, 1.54) is 12.1 Å². The molecular weight excluding hydrogens is 475 g/mol. The number of aryl methyl sites for hydroxylation is 1. The van der Waals surface area contributed by atoms with Crippen LogP contribution in [-0.2, 0) is 6.54 Å². The number of nitrogens with zero attached hydrogens (tertiary/aromatic N) is 2. The predicted molar refractivity (Wildman–Crippen MR) is 139 cm³/mol. The molecule has 2 aliphatic rings. The highest BCUT2D eigenvalue weighted by Crippen LogP contribution is 2.43. The molecule has 2 heterocycles. The highest BCUT2D eigenvalue weighted by Gasteiger charge is 2.34. The van der Waals surface area contributed by atoms with Crippen LogP contribution in [0.3, 0.4) is 0 Å². The molecule has 0 aromatic heterocycles. The molecule has 1 saturated heterocycles. The number of ether oxygens (including phenoxy) is 3. The second-order valence-electron chi connectivity index (χ2n) is 9.18. The first-order valence-electron chi connectivity index (χ1n) is 12.1.